The molecule has 0 aliphatic heterocycles. The van der Waals surface area contributed by atoms with E-state index in [0.29, 0.717) is 0 Å². The zero-order valence-corrected chi connectivity index (χ0v) is 6.02. The van der Waals surface area contributed by atoms with Crippen LogP contribution in [0.3, 0.4) is 0 Å². The van der Waals surface area contributed by atoms with Crippen LogP contribution < -0.4 is 0 Å². The Balaban J connectivity index is -0.000000245. The van der Waals surface area contributed by atoms with Crippen LogP contribution in [0.2, 0.25) is 0 Å². The van der Waals surface area contributed by atoms with Crippen molar-refractivity contribution in [2.45, 2.75) is 5.44 Å². The van der Waals surface area contributed by atoms with Gasteiger partial charge in [0.1, 0.15) is 0 Å². The Bertz CT molecular complexity index is 177. The fourth-order valence-electron chi connectivity index (χ4n) is 0.122. The minimum atomic E-state index is -4.32. The quantitative estimate of drug-likeness (QED) is 0.345. The first-order valence-corrected chi connectivity index (χ1v) is 3.25. The molecule has 0 aromatic heterocycles. The minimum absolute atomic E-state index is 0. The second kappa shape index (κ2) is 6.60. The van der Waals surface area contributed by atoms with Crippen molar-refractivity contribution >= 4 is 52.1 Å². The van der Waals surface area contributed by atoms with Crippen LogP contribution in [0.25, 0.3) is 0 Å². The Morgan fingerprint density at radius 3 is 1.80 bits per heavy atom. The van der Waals surface area contributed by atoms with Crippen molar-refractivity contribution in [1.29, 1.82) is 0 Å². The van der Waals surface area contributed by atoms with Gasteiger partial charge in [0.2, 0.25) is 0 Å². The van der Waals surface area contributed by atoms with Crippen LogP contribution in [0.5, 0.6) is 0 Å². The molecule has 0 aliphatic rings. The summed E-state index contributed by atoms with van der Waals surface area (Å²) < 4.78 is 27.5. The van der Waals surface area contributed by atoms with Gasteiger partial charge in [0, 0.05) is 0 Å². The van der Waals surface area contributed by atoms with Crippen LogP contribution in [0, 0.1) is 0 Å². The van der Waals surface area contributed by atoms with Gasteiger partial charge >= 0.3 is 29.6 Å². The van der Waals surface area contributed by atoms with E-state index in [1.807, 2.05) is 0 Å². The molecule has 1 unspecified atom stereocenters. The molecular weight excluding hydrogens is 191 g/mol. The van der Waals surface area contributed by atoms with Crippen molar-refractivity contribution in [3.63, 3.8) is 0 Å². The van der Waals surface area contributed by atoms with Crippen LogP contribution >= 0.6 is 12.4 Å². The number of halogens is 1. The van der Waals surface area contributed by atoms with Gasteiger partial charge in [-0.3, -0.25) is 4.55 Å². The van der Waals surface area contributed by atoms with Gasteiger partial charge in [0.15, 0.2) is 5.44 Å². The van der Waals surface area contributed by atoms with E-state index in [1.165, 1.54) is 0 Å². The molecule has 10 heavy (non-hydrogen) atoms. The van der Waals surface area contributed by atoms with Gasteiger partial charge in [0.05, 0.1) is 0 Å². The van der Waals surface area contributed by atoms with Gasteiger partial charge in [-0.05, 0) is 6.08 Å². The molecule has 0 bridgehead atoms. The molecule has 0 heterocycles. The average Bonchev–Trinajstić information content (AvgIpc) is 1.62. The molecule has 0 saturated heterocycles. The summed E-state index contributed by atoms with van der Waals surface area (Å²) in [6.07, 6.45) is 0.718. The molecule has 7 heteroatoms. The second-order valence-electron chi connectivity index (χ2n) is 1.14. The van der Waals surface area contributed by atoms with Crippen LogP contribution in [0.15, 0.2) is 12.7 Å². The van der Waals surface area contributed by atoms with E-state index < -0.39 is 15.6 Å². The van der Waals surface area contributed by atoms with Crippen LogP contribution in [-0.2, 0) is 10.1 Å². The van der Waals surface area contributed by atoms with E-state index in [0.717, 1.165) is 6.08 Å². The van der Waals surface area contributed by atoms with Crippen molar-refractivity contribution in [3.8, 4) is 0 Å². The summed E-state index contributed by atoms with van der Waals surface area (Å²) in [5, 5.41) is 8.24. The number of aliphatic hydroxyl groups excluding tert-OH is 1. The summed E-state index contributed by atoms with van der Waals surface area (Å²) in [6, 6.07) is 0. The fourth-order valence-corrected chi connectivity index (χ4v) is 0.365. The Morgan fingerprint density at radius 2 is 1.80 bits per heavy atom. The molecule has 0 aromatic carbocycles. The van der Waals surface area contributed by atoms with E-state index in [9.17, 15) is 8.42 Å². The first-order valence-electron chi connectivity index (χ1n) is 1.75. The van der Waals surface area contributed by atoms with Gasteiger partial charge in [-0.1, -0.05) is 6.58 Å². The number of rotatable bonds is 2. The molecule has 4 nitrogen and oxygen atoms in total. The monoisotopic (exact) mass is 198 g/mol. The molecule has 0 amide bonds. The third-order valence-corrected chi connectivity index (χ3v) is 1.31. The molecule has 0 saturated carbocycles. The summed E-state index contributed by atoms with van der Waals surface area (Å²) in [5.41, 5.74) is -1.86. The Hall–Kier alpha value is 0.900. The topological polar surface area (TPSA) is 74.6 Å². The summed E-state index contributed by atoms with van der Waals surface area (Å²) >= 11 is 0. The van der Waals surface area contributed by atoms with Crippen molar-refractivity contribution in [3.05, 3.63) is 12.7 Å². The molecule has 0 fully saturated rings. The van der Waals surface area contributed by atoms with Gasteiger partial charge in [-0.15, -0.1) is 12.4 Å². The van der Waals surface area contributed by atoms with Crippen LogP contribution in [-0.4, -0.2) is 53.1 Å². The Kier molecular flexibility index (Phi) is 11.3. The first kappa shape index (κ1) is 17.1. The van der Waals surface area contributed by atoms with Crippen molar-refractivity contribution in [2.75, 3.05) is 0 Å². The van der Waals surface area contributed by atoms with E-state index in [2.05, 4.69) is 6.58 Å². The predicted molar refractivity (Wildman–Crippen MR) is 42.1 cm³/mol. The maximum atomic E-state index is 9.80. The second-order valence-corrected chi connectivity index (χ2v) is 2.65. The predicted octanol–water partition coefficient (Wildman–Crippen LogP) is -0.848. The number of aliphatic hydroxyl groups is 1. The zero-order chi connectivity index (χ0) is 6.78. The van der Waals surface area contributed by atoms with Gasteiger partial charge in [0.25, 0.3) is 10.1 Å². The van der Waals surface area contributed by atoms with Gasteiger partial charge < -0.3 is 5.11 Å². The van der Waals surface area contributed by atoms with E-state index in [4.69, 9.17) is 9.66 Å². The van der Waals surface area contributed by atoms with Gasteiger partial charge in [-0.25, -0.2) is 0 Å². The number of hydrogen-bond donors (Lipinski definition) is 2. The average molecular weight is 199 g/mol. The molecule has 0 spiro atoms. The van der Waals surface area contributed by atoms with Crippen molar-refractivity contribution in [1.82, 2.24) is 0 Å². The van der Waals surface area contributed by atoms with Crippen LogP contribution in [0.4, 0.5) is 0 Å². The fraction of sp³-hybridized carbons (Fsp3) is 0.333. The van der Waals surface area contributed by atoms with E-state index >= 15 is 0 Å². The number of hydrogen-bond acceptors (Lipinski definition) is 3. The third-order valence-electron chi connectivity index (χ3n) is 0.507. The van der Waals surface area contributed by atoms with Crippen molar-refractivity contribution in [2.24, 2.45) is 0 Å². The molecule has 2 N–H and O–H groups in total. The van der Waals surface area contributed by atoms with Gasteiger partial charge in [-0.2, -0.15) is 8.42 Å². The molecule has 58 valence electrons. The molecule has 0 radical (unpaired) electrons. The first-order chi connectivity index (χ1) is 3.48. The molecule has 0 aromatic rings. The van der Waals surface area contributed by atoms with Crippen LogP contribution in [0.1, 0.15) is 0 Å². The molecule has 0 aliphatic carbocycles. The zero-order valence-electron chi connectivity index (χ0n) is 4.39. The molecule has 1 atom stereocenters. The standard InChI is InChI=1S/C3H6O4S.ClH.Na.H/c1-2-3(4)8(5,6)7;;;/h2-4H,1H2,(H,5,6,7);1H;;. The molecule has 0 rings (SSSR count). The maximum absolute atomic E-state index is 9.80. The van der Waals surface area contributed by atoms with Crippen molar-refractivity contribution < 1.29 is 18.1 Å². The normalized spacial score (nSPS) is 12.2. The summed E-state index contributed by atoms with van der Waals surface area (Å²) in [7, 11) is -4.32. The van der Waals surface area contributed by atoms with E-state index in [-0.39, 0.29) is 42.0 Å². The summed E-state index contributed by atoms with van der Waals surface area (Å²) in [5.74, 6) is 0. The third kappa shape index (κ3) is 7.01. The summed E-state index contributed by atoms with van der Waals surface area (Å²) in [4.78, 5) is 0. The summed E-state index contributed by atoms with van der Waals surface area (Å²) in [6.45, 7) is 2.94. The van der Waals surface area contributed by atoms with E-state index in [1.54, 1.807) is 0 Å². The Labute approximate surface area is 87.8 Å². The SMILES string of the molecule is C=CC(O)S(=O)(=O)O.Cl.[NaH]. The molecular formula is C3H8ClNaO4S. The Morgan fingerprint density at radius 1 is 1.50 bits per heavy atom.